The number of benzene rings is 2. The fourth-order valence-corrected chi connectivity index (χ4v) is 3.22. The van der Waals surface area contributed by atoms with Crippen molar-refractivity contribution in [2.75, 3.05) is 6.54 Å². The normalized spacial score (nSPS) is 16.6. The largest absolute Gasteiger partial charge is 0.332 e. The molecule has 6 heteroatoms. The van der Waals surface area contributed by atoms with Gasteiger partial charge in [-0.2, -0.15) is 0 Å². The smallest absolute Gasteiger partial charge is 0.269 e. The number of carbonyl (C=O) groups is 1. The lowest BCUT2D eigenvalue weighted by Crippen LogP contribution is -2.39. The van der Waals surface area contributed by atoms with Gasteiger partial charge < -0.3 is 4.90 Å². The van der Waals surface area contributed by atoms with Crippen molar-refractivity contribution in [3.63, 3.8) is 0 Å². The molecule has 1 heterocycles. The molecule has 0 aliphatic carbocycles. The Hall–Kier alpha value is -2.76. The molecule has 1 atom stereocenters. The van der Waals surface area contributed by atoms with Gasteiger partial charge in [-0.1, -0.05) is 6.07 Å². The molecule has 0 saturated heterocycles. The van der Waals surface area contributed by atoms with E-state index in [1.54, 1.807) is 17.9 Å². The highest BCUT2D eigenvalue weighted by molar-refractivity contribution is 5.96. The number of non-ortho nitro benzene ring substituents is 1. The van der Waals surface area contributed by atoms with Gasteiger partial charge in [0.25, 0.3) is 11.6 Å². The molecule has 24 heavy (non-hydrogen) atoms. The van der Waals surface area contributed by atoms with Gasteiger partial charge in [0.1, 0.15) is 5.82 Å². The quantitative estimate of drug-likeness (QED) is 0.622. The number of rotatable bonds is 2. The molecule has 124 valence electrons. The molecule has 5 nitrogen and oxygen atoms in total. The van der Waals surface area contributed by atoms with Crippen LogP contribution < -0.4 is 0 Å². The molecule has 1 unspecified atom stereocenters. The topological polar surface area (TPSA) is 63.5 Å². The predicted molar refractivity (Wildman–Crippen MR) is 87.4 cm³/mol. The van der Waals surface area contributed by atoms with Crippen LogP contribution in [0.3, 0.4) is 0 Å². The van der Waals surface area contributed by atoms with Gasteiger partial charge in [0.05, 0.1) is 11.0 Å². The molecule has 1 aliphatic rings. The van der Waals surface area contributed by atoms with Crippen molar-refractivity contribution >= 4 is 11.6 Å². The molecule has 2 aromatic rings. The van der Waals surface area contributed by atoms with E-state index in [-0.39, 0.29) is 23.5 Å². The molecule has 0 aromatic heterocycles. The Morgan fingerprint density at radius 2 is 2.04 bits per heavy atom. The van der Waals surface area contributed by atoms with Crippen molar-refractivity contribution in [1.29, 1.82) is 0 Å². The maximum atomic E-state index is 13.5. The zero-order valence-electron chi connectivity index (χ0n) is 13.5. The Kier molecular flexibility index (Phi) is 4.05. The van der Waals surface area contributed by atoms with Crippen molar-refractivity contribution in [3.8, 4) is 0 Å². The first-order chi connectivity index (χ1) is 11.4. The zero-order chi connectivity index (χ0) is 17.4. The number of hydrogen-bond acceptors (Lipinski definition) is 3. The van der Waals surface area contributed by atoms with E-state index in [0.717, 1.165) is 11.1 Å². The Balaban J connectivity index is 1.92. The van der Waals surface area contributed by atoms with Crippen LogP contribution in [-0.4, -0.2) is 22.3 Å². The molecule has 1 amide bonds. The maximum absolute atomic E-state index is 13.5. The molecule has 0 bridgehead atoms. The van der Waals surface area contributed by atoms with Crippen LogP contribution >= 0.6 is 0 Å². The maximum Gasteiger partial charge on any atom is 0.269 e. The van der Waals surface area contributed by atoms with Gasteiger partial charge >= 0.3 is 0 Å². The third kappa shape index (κ3) is 2.75. The van der Waals surface area contributed by atoms with E-state index in [1.165, 1.54) is 30.3 Å². The number of carbonyl (C=O) groups excluding carboxylic acids is 1. The summed E-state index contributed by atoms with van der Waals surface area (Å²) in [7, 11) is 0. The Morgan fingerprint density at radius 3 is 2.71 bits per heavy atom. The standard InChI is InChI=1S/C18H17FN2O3/c1-11-9-15(21(23)24)5-6-16(11)18(22)20-8-7-13-3-4-14(19)10-17(13)12(20)2/h3-6,9-10,12H,7-8H2,1-2H3. The van der Waals surface area contributed by atoms with E-state index in [0.29, 0.717) is 24.1 Å². The van der Waals surface area contributed by atoms with Crippen LogP contribution in [0.1, 0.15) is 40.0 Å². The van der Waals surface area contributed by atoms with Crippen LogP contribution in [0, 0.1) is 22.9 Å². The molecular weight excluding hydrogens is 311 g/mol. The van der Waals surface area contributed by atoms with Gasteiger partial charge in [-0.3, -0.25) is 14.9 Å². The summed E-state index contributed by atoms with van der Waals surface area (Å²) in [5, 5.41) is 10.8. The minimum atomic E-state index is -0.482. The molecule has 3 rings (SSSR count). The number of halogens is 1. The number of amides is 1. The highest BCUT2D eigenvalue weighted by Crippen LogP contribution is 2.32. The second-order valence-electron chi connectivity index (χ2n) is 6.02. The Labute approximate surface area is 138 Å². The number of aryl methyl sites for hydroxylation is 1. The minimum Gasteiger partial charge on any atom is -0.332 e. The minimum absolute atomic E-state index is 0.0387. The van der Waals surface area contributed by atoms with Gasteiger partial charge in [0.2, 0.25) is 0 Å². The van der Waals surface area contributed by atoms with Crippen LogP contribution in [0.2, 0.25) is 0 Å². The summed E-state index contributed by atoms with van der Waals surface area (Å²) >= 11 is 0. The number of nitro benzene ring substituents is 1. The van der Waals surface area contributed by atoms with E-state index in [9.17, 15) is 19.3 Å². The molecular formula is C18H17FN2O3. The van der Waals surface area contributed by atoms with Crippen LogP contribution in [0.25, 0.3) is 0 Å². The second-order valence-corrected chi connectivity index (χ2v) is 6.02. The predicted octanol–water partition coefficient (Wildman–Crippen LogP) is 3.80. The first-order valence-corrected chi connectivity index (χ1v) is 7.73. The van der Waals surface area contributed by atoms with Gasteiger partial charge in [0, 0.05) is 24.2 Å². The lowest BCUT2D eigenvalue weighted by Gasteiger charge is -2.35. The molecule has 0 radical (unpaired) electrons. The fourth-order valence-electron chi connectivity index (χ4n) is 3.22. The van der Waals surface area contributed by atoms with E-state index >= 15 is 0 Å². The number of nitro groups is 1. The van der Waals surface area contributed by atoms with Crippen molar-refractivity contribution in [2.45, 2.75) is 26.3 Å². The van der Waals surface area contributed by atoms with Gasteiger partial charge in [-0.25, -0.2) is 4.39 Å². The summed E-state index contributed by atoms with van der Waals surface area (Å²) in [4.78, 5) is 24.9. The number of nitrogens with zero attached hydrogens (tertiary/aromatic N) is 2. The molecule has 0 saturated carbocycles. The monoisotopic (exact) mass is 328 g/mol. The van der Waals surface area contributed by atoms with Crippen LogP contribution in [0.15, 0.2) is 36.4 Å². The third-order valence-electron chi connectivity index (χ3n) is 4.56. The van der Waals surface area contributed by atoms with Gasteiger partial charge in [0.15, 0.2) is 0 Å². The molecule has 2 aromatic carbocycles. The highest BCUT2D eigenvalue weighted by Gasteiger charge is 2.29. The Bertz CT molecular complexity index is 835. The summed E-state index contributed by atoms with van der Waals surface area (Å²) in [5.41, 5.74) is 2.82. The van der Waals surface area contributed by atoms with Crippen molar-refractivity contribution < 1.29 is 14.1 Å². The summed E-state index contributed by atoms with van der Waals surface area (Å²) in [5.74, 6) is -0.508. The first-order valence-electron chi connectivity index (χ1n) is 7.73. The highest BCUT2D eigenvalue weighted by atomic mass is 19.1. The Morgan fingerprint density at radius 1 is 1.29 bits per heavy atom. The summed E-state index contributed by atoms with van der Waals surface area (Å²) < 4.78 is 13.5. The SMILES string of the molecule is Cc1cc([N+](=O)[O-])ccc1C(=O)N1CCc2ccc(F)cc2C1C. The van der Waals surface area contributed by atoms with Gasteiger partial charge in [-0.15, -0.1) is 0 Å². The van der Waals surface area contributed by atoms with E-state index in [1.807, 2.05) is 6.92 Å². The summed E-state index contributed by atoms with van der Waals surface area (Å²) in [6, 6.07) is 8.65. The lowest BCUT2D eigenvalue weighted by atomic mass is 9.92. The summed E-state index contributed by atoms with van der Waals surface area (Å²) in [6.45, 7) is 4.09. The zero-order valence-corrected chi connectivity index (χ0v) is 13.5. The summed E-state index contributed by atoms with van der Waals surface area (Å²) in [6.07, 6.45) is 0.664. The van der Waals surface area contributed by atoms with E-state index < -0.39 is 4.92 Å². The molecule has 0 fully saturated rings. The lowest BCUT2D eigenvalue weighted by molar-refractivity contribution is -0.384. The molecule has 1 aliphatic heterocycles. The fraction of sp³-hybridized carbons (Fsp3) is 0.278. The van der Waals surface area contributed by atoms with Gasteiger partial charge in [-0.05, 0) is 55.2 Å². The average molecular weight is 328 g/mol. The molecule has 0 spiro atoms. The first kappa shape index (κ1) is 16.1. The molecule has 0 N–H and O–H groups in total. The van der Waals surface area contributed by atoms with Crippen molar-refractivity contribution in [3.05, 3.63) is 74.6 Å². The van der Waals surface area contributed by atoms with Crippen molar-refractivity contribution in [1.82, 2.24) is 4.90 Å². The average Bonchev–Trinajstić information content (AvgIpc) is 2.55. The second kappa shape index (κ2) is 6.03. The van der Waals surface area contributed by atoms with E-state index in [2.05, 4.69) is 0 Å². The number of hydrogen-bond donors (Lipinski definition) is 0. The van der Waals surface area contributed by atoms with Crippen LogP contribution in [0.4, 0.5) is 10.1 Å². The van der Waals surface area contributed by atoms with Crippen LogP contribution in [-0.2, 0) is 6.42 Å². The van der Waals surface area contributed by atoms with Crippen molar-refractivity contribution in [2.24, 2.45) is 0 Å². The number of fused-ring (bicyclic) bond motifs is 1. The van der Waals surface area contributed by atoms with E-state index in [4.69, 9.17) is 0 Å². The van der Waals surface area contributed by atoms with Crippen LogP contribution in [0.5, 0.6) is 0 Å². The third-order valence-corrected chi connectivity index (χ3v) is 4.56.